The summed E-state index contributed by atoms with van der Waals surface area (Å²) in [4.78, 5) is 11.7. The molecule has 3 atom stereocenters. The largest absolute Gasteiger partial charge is 0.497 e. The van der Waals surface area contributed by atoms with Crippen molar-refractivity contribution in [3.8, 4) is 22.6 Å². The van der Waals surface area contributed by atoms with Gasteiger partial charge in [0.2, 0.25) is 0 Å². The van der Waals surface area contributed by atoms with Gasteiger partial charge < -0.3 is 14.6 Å². The third kappa shape index (κ3) is 4.39. The van der Waals surface area contributed by atoms with Gasteiger partial charge in [-0.15, -0.1) is 0 Å². The van der Waals surface area contributed by atoms with Crippen molar-refractivity contribution in [1.29, 1.82) is 0 Å². The van der Waals surface area contributed by atoms with Gasteiger partial charge in [-0.2, -0.15) is 0 Å². The Morgan fingerprint density at radius 1 is 1.06 bits per heavy atom. The van der Waals surface area contributed by atoms with E-state index in [9.17, 15) is 14.3 Å². The molecule has 0 unspecified atom stereocenters. The first-order valence-electron chi connectivity index (χ1n) is 11.9. The number of hydrogen-bond donors (Lipinski definition) is 1. The molecule has 0 aromatic heterocycles. The number of carboxylic acid groups (broad SMARTS) is 1. The fourth-order valence-electron chi connectivity index (χ4n) is 5.14. The average Bonchev–Trinajstić information content (AvgIpc) is 3.69. The number of benzene rings is 3. The van der Waals surface area contributed by atoms with Gasteiger partial charge in [0, 0.05) is 5.56 Å². The highest BCUT2D eigenvalue weighted by Gasteiger charge is 2.39. The van der Waals surface area contributed by atoms with Crippen molar-refractivity contribution in [2.75, 3.05) is 7.11 Å². The van der Waals surface area contributed by atoms with Crippen molar-refractivity contribution in [3.05, 3.63) is 83.2 Å². The first kappa shape index (κ1) is 22.5. The number of aliphatic carboxylic acids is 1. The fraction of sp³-hybridized carbons (Fsp3) is 0.345. The Morgan fingerprint density at radius 3 is 2.50 bits per heavy atom. The molecule has 0 bridgehead atoms. The van der Waals surface area contributed by atoms with Crippen LogP contribution in [0.3, 0.4) is 0 Å². The molecule has 34 heavy (non-hydrogen) atoms. The van der Waals surface area contributed by atoms with Gasteiger partial charge in [-0.25, -0.2) is 4.39 Å². The van der Waals surface area contributed by atoms with Crippen LogP contribution < -0.4 is 9.47 Å². The van der Waals surface area contributed by atoms with Crippen LogP contribution in [0.4, 0.5) is 4.39 Å². The summed E-state index contributed by atoms with van der Waals surface area (Å²) in [7, 11) is 1.57. The molecule has 4 nitrogen and oxygen atoms in total. The maximum Gasteiger partial charge on any atom is 0.306 e. The van der Waals surface area contributed by atoms with Gasteiger partial charge in [-0.3, -0.25) is 4.79 Å². The first-order valence-corrected chi connectivity index (χ1v) is 11.9. The Labute approximate surface area is 199 Å². The molecule has 2 aliphatic rings. The van der Waals surface area contributed by atoms with E-state index in [1.807, 2.05) is 24.3 Å². The lowest BCUT2D eigenvalue weighted by atomic mass is 9.82. The van der Waals surface area contributed by atoms with Crippen molar-refractivity contribution >= 4 is 5.97 Å². The van der Waals surface area contributed by atoms with E-state index in [1.54, 1.807) is 26.2 Å². The Hall–Kier alpha value is -3.34. The maximum absolute atomic E-state index is 14.4. The number of hydrogen-bond acceptors (Lipinski definition) is 3. The summed E-state index contributed by atoms with van der Waals surface area (Å²) in [6.07, 6.45) is 3.83. The minimum atomic E-state index is -0.749. The molecule has 1 N–H and O–H groups in total. The number of methoxy groups -OCH3 is 1. The average molecular weight is 461 g/mol. The highest BCUT2D eigenvalue weighted by molar-refractivity contribution is 5.71. The smallest absolute Gasteiger partial charge is 0.306 e. The van der Waals surface area contributed by atoms with E-state index in [0.717, 1.165) is 53.7 Å². The summed E-state index contributed by atoms with van der Waals surface area (Å²) in [5.74, 6) is 0.460. The molecule has 176 valence electrons. The lowest BCUT2D eigenvalue weighted by Gasteiger charge is -2.29. The van der Waals surface area contributed by atoms with Gasteiger partial charge in [0.15, 0.2) is 0 Å². The first-order chi connectivity index (χ1) is 16.4. The molecule has 0 amide bonds. The Bertz CT molecular complexity index is 1200. The van der Waals surface area contributed by atoms with Gasteiger partial charge in [0.05, 0.1) is 13.0 Å². The molecule has 3 aromatic rings. The van der Waals surface area contributed by atoms with Crippen LogP contribution in [0.2, 0.25) is 0 Å². The standard InChI is InChI=1S/C29H29FO4/c1-17(29(31)32)28(21-8-9-21)22-10-7-20-11-14-26(34-27(20)15-22)19-5-3-18(4-6-19)24-16-23(33-2)12-13-25(24)30/h3-7,10,12-13,15-17,21,26,28H,8-9,11,14H2,1-2H3,(H,31,32)/t17-,26-,28-/m0/s1. The number of aryl methyl sites for hydroxylation is 1. The van der Waals surface area contributed by atoms with E-state index >= 15 is 0 Å². The highest BCUT2D eigenvalue weighted by atomic mass is 19.1. The predicted molar refractivity (Wildman–Crippen MR) is 129 cm³/mol. The van der Waals surface area contributed by atoms with E-state index in [1.165, 1.54) is 6.07 Å². The molecule has 1 fully saturated rings. The molecule has 1 heterocycles. The fourth-order valence-corrected chi connectivity index (χ4v) is 5.14. The van der Waals surface area contributed by atoms with E-state index in [-0.39, 0.29) is 17.8 Å². The highest BCUT2D eigenvalue weighted by Crippen LogP contribution is 2.48. The normalized spacial score (nSPS) is 19.0. The Kier molecular flexibility index (Phi) is 6.03. The van der Waals surface area contributed by atoms with E-state index in [2.05, 4.69) is 18.2 Å². The van der Waals surface area contributed by atoms with Crippen LogP contribution in [-0.2, 0) is 11.2 Å². The third-order valence-electron chi connectivity index (χ3n) is 7.25. The predicted octanol–water partition coefficient (Wildman–Crippen LogP) is 6.78. The summed E-state index contributed by atoms with van der Waals surface area (Å²) >= 11 is 0. The molecule has 5 heteroatoms. The van der Waals surface area contributed by atoms with Gasteiger partial charge in [-0.05, 0) is 84.0 Å². The molecule has 1 aliphatic heterocycles. The van der Waals surface area contributed by atoms with Gasteiger partial charge in [0.25, 0.3) is 0 Å². The summed E-state index contributed by atoms with van der Waals surface area (Å²) in [5, 5.41) is 9.61. The lowest BCUT2D eigenvalue weighted by molar-refractivity contribution is -0.142. The minimum absolute atomic E-state index is 0.0174. The van der Waals surface area contributed by atoms with E-state index in [0.29, 0.717) is 17.2 Å². The zero-order valence-electron chi connectivity index (χ0n) is 19.5. The topological polar surface area (TPSA) is 55.8 Å². The molecule has 1 saturated carbocycles. The second-order valence-electron chi connectivity index (χ2n) is 9.47. The summed E-state index contributed by atoms with van der Waals surface area (Å²) in [6.45, 7) is 1.81. The quantitative estimate of drug-likeness (QED) is 0.422. The molecule has 0 spiro atoms. The van der Waals surface area contributed by atoms with Crippen LogP contribution in [0.1, 0.15) is 54.9 Å². The zero-order chi connectivity index (χ0) is 23.8. The number of rotatable bonds is 7. The summed E-state index contributed by atoms with van der Waals surface area (Å²) < 4.78 is 26.0. The number of ether oxygens (including phenoxy) is 2. The van der Waals surface area contributed by atoms with Crippen LogP contribution >= 0.6 is 0 Å². The monoisotopic (exact) mass is 460 g/mol. The van der Waals surface area contributed by atoms with Crippen molar-refractivity contribution in [2.24, 2.45) is 11.8 Å². The maximum atomic E-state index is 14.4. The van der Waals surface area contributed by atoms with Crippen LogP contribution in [-0.4, -0.2) is 18.2 Å². The second-order valence-corrected chi connectivity index (χ2v) is 9.47. The van der Waals surface area contributed by atoms with Crippen molar-refractivity contribution in [1.82, 2.24) is 0 Å². The number of halogens is 1. The molecule has 3 aromatic carbocycles. The van der Waals surface area contributed by atoms with Crippen molar-refractivity contribution in [2.45, 2.75) is 44.6 Å². The van der Waals surface area contributed by atoms with E-state index in [4.69, 9.17) is 9.47 Å². The minimum Gasteiger partial charge on any atom is -0.497 e. The van der Waals surface area contributed by atoms with Crippen LogP contribution in [0.5, 0.6) is 11.5 Å². The van der Waals surface area contributed by atoms with Crippen LogP contribution in [0, 0.1) is 17.7 Å². The van der Waals surface area contributed by atoms with Gasteiger partial charge in [0.1, 0.15) is 23.4 Å². The zero-order valence-corrected chi connectivity index (χ0v) is 19.5. The Morgan fingerprint density at radius 2 is 1.82 bits per heavy atom. The molecular weight excluding hydrogens is 431 g/mol. The van der Waals surface area contributed by atoms with Crippen molar-refractivity contribution in [3.63, 3.8) is 0 Å². The summed E-state index contributed by atoms with van der Waals surface area (Å²) in [5.41, 5.74) is 4.55. The van der Waals surface area contributed by atoms with Gasteiger partial charge in [-0.1, -0.05) is 43.3 Å². The molecule has 0 radical (unpaired) electrons. The van der Waals surface area contributed by atoms with Crippen LogP contribution in [0.25, 0.3) is 11.1 Å². The summed E-state index contributed by atoms with van der Waals surface area (Å²) in [6, 6.07) is 18.8. The molecule has 1 aliphatic carbocycles. The van der Waals surface area contributed by atoms with E-state index < -0.39 is 11.9 Å². The Balaban J connectivity index is 1.37. The molecular formula is C29H29FO4. The second kappa shape index (κ2) is 9.13. The third-order valence-corrected chi connectivity index (χ3v) is 7.25. The SMILES string of the molecule is COc1ccc(F)c(-c2ccc([C@@H]3CCc4ccc([C@H](C5CC5)[C@H](C)C(=O)O)cc4O3)cc2)c1. The number of carbonyl (C=O) groups is 1. The van der Waals surface area contributed by atoms with Crippen molar-refractivity contribution < 1.29 is 23.8 Å². The number of carboxylic acids is 1. The lowest BCUT2D eigenvalue weighted by Crippen LogP contribution is -2.21. The molecule has 5 rings (SSSR count). The van der Waals surface area contributed by atoms with Gasteiger partial charge >= 0.3 is 5.97 Å². The molecule has 0 saturated heterocycles. The van der Waals surface area contributed by atoms with Crippen LogP contribution in [0.15, 0.2) is 60.7 Å². The number of fused-ring (bicyclic) bond motifs is 1.